The minimum atomic E-state index is -0.410. The number of hydrogen-bond donors (Lipinski definition) is 2. The van der Waals surface area contributed by atoms with E-state index < -0.39 is 6.10 Å². The number of nitrogens with one attached hydrogen (secondary N) is 2. The molecule has 1 fully saturated rings. The molecule has 1 saturated carbocycles. The third-order valence-electron chi connectivity index (χ3n) is 4.34. The molecule has 1 heterocycles. The molecule has 2 aromatic rings. The Balaban J connectivity index is 1.46. The maximum absolute atomic E-state index is 12.2. The molecule has 1 aromatic heterocycles. The number of aromatic amines is 1. The second-order valence-electron chi connectivity index (χ2n) is 6.19. The quantitative estimate of drug-likeness (QED) is 0.847. The summed E-state index contributed by atoms with van der Waals surface area (Å²) in [6.45, 7) is 2.30. The summed E-state index contributed by atoms with van der Waals surface area (Å²) in [6.07, 6.45) is 5.63. The van der Waals surface area contributed by atoms with Crippen LogP contribution in [0.4, 0.5) is 0 Å². The zero-order valence-corrected chi connectivity index (χ0v) is 13.9. The van der Waals surface area contributed by atoms with Crippen molar-refractivity contribution in [1.82, 2.24) is 25.9 Å². The topological polar surface area (TPSA) is 92.8 Å². The molecular formula is C17H23N5O2. The van der Waals surface area contributed by atoms with Crippen molar-refractivity contribution in [2.75, 3.05) is 0 Å². The van der Waals surface area contributed by atoms with Gasteiger partial charge in [-0.2, -0.15) is 5.21 Å². The molecule has 7 nitrogen and oxygen atoms in total. The van der Waals surface area contributed by atoms with Crippen LogP contribution in [0.2, 0.25) is 0 Å². The summed E-state index contributed by atoms with van der Waals surface area (Å²) in [7, 11) is 0. The van der Waals surface area contributed by atoms with Crippen molar-refractivity contribution in [3.63, 3.8) is 0 Å². The van der Waals surface area contributed by atoms with Gasteiger partial charge in [-0.15, -0.1) is 10.2 Å². The van der Waals surface area contributed by atoms with E-state index in [1.165, 1.54) is 19.3 Å². The van der Waals surface area contributed by atoms with Gasteiger partial charge in [0.1, 0.15) is 6.10 Å². The molecule has 1 amide bonds. The van der Waals surface area contributed by atoms with Crippen molar-refractivity contribution in [3.8, 4) is 11.4 Å². The van der Waals surface area contributed by atoms with Crippen LogP contribution in [-0.2, 0) is 16.1 Å². The highest BCUT2D eigenvalue weighted by molar-refractivity contribution is 5.80. The van der Waals surface area contributed by atoms with Gasteiger partial charge in [-0.05, 0) is 30.5 Å². The summed E-state index contributed by atoms with van der Waals surface area (Å²) < 4.78 is 5.87. The molecule has 1 aromatic carbocycles. The van der Waals surface area contributed by atoms with Gasteiger partial charge in [0, 0.05) is 12.1 Å². The Labute approximate surface area is 141 Å². The number of nitrogens with zero attached hydrogens (tertiary/aromatic N) is 3. The van der Waals surface area contributed by atoms with Crippen molar-refractivity contribution in [3.05, 3.63) is 29.8 Å². The second-order valence-corrected chi connectivity index (χ2v) is 6.19. The molecule has 0 spiro atoms. The SMILES string of the molecule is C[C@H](OC1CCCCC1)C(=O)NCc1ccc(-c2nn[nH]n2)cc1. The van der Waals surface area contributed by atoms with E-state index >= 15 is 0 Å². The maximum Gasteiger partial charge on any atom is 0.249 e. The van der Waals surface area contributed by atoms with Gasteiger partial charge in [-0.1, -0.05) is 43.5 Å². The van der Waals surface area contributed by atoms with E-state index in [0.29, 0.717) is 12.4 Å². The lowest BCUT2D eigenvalue weighted by Crippen LogP contribution is -2.37. The van der Waals surface area contributed by atoms with Crippen LogP contribution in [0.5, 0.6) is 0 Å². The van der Waals surface area contributed by atoms with E-state index in [9.17, 15) is 4.79 Å². The average Bonchev–Trinajstić information content (AvgIpc) is 3.15. The Morgan fingerprint density at radius 1 is 1.29 bits per heavy atom. The molecule has 0 radical (unpaired) electrons. The number of benzene rings is 1. The third kappa shape index (κ3) is 4.38. The van der Waals surface area contributed by atoms with Gasteiger partial charge in [0.2, 0.25) is 11.7 Å². The number of tetrazole rings is 1. The smallest absolute Gasteiger partial charge is 0.249 e. The molecule has 2 N–H and O–H groups in total. The Hall–Kier alpha value is -2.28. The number of H-pyrrole nitrogens is 1. The maximum atomic E-state index is 12.2. The highest BCUT2D eigenvalue weighted by Crippen LogP contribution is 2.21. The molecule has 0 bridgehead atoms. The number of hydrogen-bond acceptors (Lipinski definition) is 5. The number of rotatable bonds is 6. The summed E-state index contributed by atoms with van der Waals surface area (Å²) >= 11 is 0. The van der Waals surface area contributed by atoms with E-state index in [-0.39, 0.29) is 12.0 Å². The monoisotopic (exact) mass is 329 g/mol. The van der Waals surface area contributed by atoms with Crippen molar-refractivity contribution in [1.29, 1.82) is 0 Å². The van der Waals surface area contributed by atoms with Gasteiger partial charge < -0.3 is 10.1 Å². The van der Waals surface area contributed by atoms with E-state index in [1.54, 1.807) is 0 Å². The van der Waals surface area contributed by atoms with E-state index in [4.69, 9.17) is 4.74 Å². The first kappa shape index (κ1) is 16.6. The predicted octanol–water partition coefficient (Wildman–Crippen LogP) is 2.22. The van der Waals surface area contributed by atoms with Crippen molar-refractivity contribution < 1.29 is 9.53 Å². The second kappa shape index (κ2) is 8.01. The summed E-state index contributed by atoms with van der Waals surface area (Å²) in [6, 6.07) is 7.71. The van der Waals surface area contributed by atoms with Crippen LogP contribution in [0.3, 0.4) is 0 Å². The molecule has 0 unspecified atom stereocenters. The molecular weight excluding hydrogens is 306 g/mol. The lowest BCUT2D eigenvalue weighted by molar-refractivity contribution is -0.136. The molecule has 7 heteroatoms. The van der Waals surface area contributed by atoms with Gasteiger partial charge in [-0.25, -0.2) is 0 Å². The van der Waals surface area contributed by atoms with Gasteiger partial charge in [0.05, 0.1) is 6.10 Å². The van der Waals surface area contributed by atoms with Crippen LogP contribution in [0, 0.1) is 0 Å². The summed E-state index contributed by atoms with van der Waals surface area (Å²) in [5, 5.41) is 16.8. The first-order valence-electron chi connectivity index (χ1n) is 8.48. The van der Waals surface area contributed by atoms with E-state index in [2.05, 4.69) is 25.9 Å². The number of carbonyl (C=O) groups is 1. The van der Waals surface area contributed by atoms with Gasteiger partial charge >= 0.3 is 0 Å². The molecule has 1 aliphatic rings. The Morgan fingerprint density at radius 2 is 2.04 bits per heavy atom. The molecule has 1 aliphatic carbocycles. The molecule has 1 atom stereocenters. The molecule has 3 rings (SSSR count). The van der Waals surface area contributed by atoms with Crippen molar-refractivity contribution in [2.24, 2.45) is 0 Å². The fourth-order valence-corrected chi connectivity index (χ4v) is 2.94. The van der Waals surface area contributed by atoms with Gasteiger partial charge in [0.25, 0.3) is 0 Å². The van der Waals surface area contributed by atoms with E-state index in [1.807, 2.05) is 31.2 Å². The minimum Gasteiger partial charge on any atom is -0.365 e. The normalized spacial score (nSPS) is 16.7. The van der Waals surface area contributed by atoms with Crippen LogP contribution >= 0.6 is 0 Å². The number of ether oxygens (including phenoxy) is 1. The Bertz CT molecular complexity index is 636. The van der Waals surface area contributed by atoms with Crippen LogP contribution in [0.25, 0.3) is 11.4 Å². The summed E-state index contributed by atoms with van der Waals surface area (Å²) in [4.78, 5) is 12.2. The molecule has 128 valence electrons. The average molecular weight is 329 g/mol. The van der Waals surface area contributed by atoms with E-state index in [0.717, 1.165) is 24.0 Å². The standard InChI is InChI=1S/C17H23N5O2/c1-12(24-15-5-3-2-4-6-15)17(23)18-11-13-7-9-14(10-8-13)16-19-21-22-20-16/h7-10,12,15H,2-6,11H2,1H3,(H,18,23)(H,19,20,21,22)/t12-/m0/s1. The lowest BCUT2D eigenvalue weighted by Gasteiger charge is -2.25. The van der Waals surface area contributed by atoms with Crippen LogP contribution in [0.1, 0.15) is 44.6 Å². The largest absolute Gasteiger partial charge is 0.365 e. The lowest BCUT2D eigenvalue weighted by atomic mass is 9.97. The third-order valence-corrected chi connectivity index (χ3v) is 4.34. The van der Waals surface area contributed by atoms with Crippen molar-refractivity contribution in [2.45, 2.75) is 57.8 Å². The first-order chi connectivity index (χ1) is 11.7. The molecule has 0 aliphatic heterocycles. The fourth-order valence-electron chi connectivity index (χ4n) is 2.94. The van der Waals surface area contributed by atoms with Crippen LogP contribution in [-0.4, -0.2) is 38.7 Å². The summed E-state index contributed by atoms with van der Waals surface area (Å²) in [5.74, 6) is 0.489. The van der Waals surface area contributed by atoms with Gasteiger partial charge in [-0.3, -0.25) is 4.79 Å². The first-order valence-corrected chi connectivity index (χ1v) is 8.48. The number of aromatic nitrogens is 4. The minimum absolute atomic E-state index is 0.0668. The zero-order valence-electron chi connectivity index (χ0n) is 13.9. The molecule has 0 saturated heterocycles. The summed E-state index contributed by atoms with van der Waals surface area (Å²) in [5.41, 5.74) is 1.90. The van der Waals surface area contributed by atoms with Gasteiger partial charge in [0.15, 0.2) is 0 Å². The fraction of sp³-hybridized carbons (Fsp3) is 0.529. The zero-order chi connectivity index (χ0) is 16.8. The van der Waals surface area contributed by atoms with Crippen LogP contribution < -0.4 is 5.32 Å². The Kier molecular flexibility index (Phi) is 5.53. The Morgan fingerprint density at radius 3 is 2.71 bits per heavy atom. The molecule has 24 heavy (non-hydrogen) atoms. The number of amides is 1. The van der Waals surface area contributed by atoms with Crippen LogP contribution in [0.15, 0.2) is 24.3 Å². The predicted molar refractivity (Wildman–Crippen MR) is 88.9 cm³/mol. The number of carbonyl (C=O) groups excluding carboxylic acids is 1. The highest BCUT2D eigenvalue weighted by atomic mass is 16.5. The van der Waals surface area contributed by atoms with Crippen molar-refractivity contribution >= 4 is 5.91 Å². The highest BCUT2D eigenvalue weighted by Gasteiger charge is 2.20.